The second-order valence-electron chi connectivity index (χ2n) is 5.87. The van der Waals surface area contributed by atoms with Crippen LogP contribution in [0.15, 0.2) is 66.9 Å². The summed E-state index contributed by atoms with van der Waals surface area (Å²) in [5, 5.41) is 5.69. The van der Waals surface area contributed by atoms with Gasteiger partial charge in [0.05, 0.1) is 18.4 Å². The van der Waals surface area contributed by atoms with Gasteiger partial charge in [0.1, 0.15) is 11.6 Å². The van der Waals surface area contributed by atoms with Crippen molar-refractivity contribution in [3.05, 3.63) is 89.4 Å². The number of nitrogens with one attached hydrogen (secondary N) is 2. The average molecular weight is 379 g/mol. The van der Waals surface area contributed by atoms with E-state index in [9.17, 15) is 14.0 Å². The number of ether oxygens (including phenoxy) is 1. The smallest absolute Gasteiger partial charge is 0.339 e. The summed E-state index contributed by atoms with van der Waals surface area (Å²) in [7, 11) is 1.30. The van der Waals surface area contributed by atoms with Crippen LogP contribution in [-0.2, 0) is 11.3 Å². The zero-order chi connectivity index (χ0) is 19.9. The third-order valence-electron chi connectivity index (χ3n) is 4.01. The molecular weight excluding hydrogens is 361 g/mol. The summed E-state index contributed by atoms with van der Waals surface area (Å²) >= 11 is 0. The van der Waals surface area contributed by atoms with E-state index in [2.05, 4.69) is 15.6 Å². The first kappa shape index (κ1) is 19.0. The molecule has 0 aliphatic heterocycles. The Morgan fingerprint density at radius 3 is 2.61 bits per heavy atom. The fourth-order valence-electron chi connectivity index (χ4n) is 2.58. The second kappa shape index (κ2) is 8.77. The van der Waals surface area contributed by atoms with Gasteiger partial charge in [-0.1, -0.05) is 30.3 Å². The number of anilines is 2. The first-order chi connectivity index (χ1) is 13.6. The van der Waals surface area contributed by atoms with Crippen molar-refractivity contribution in [1.82, 2.24) is 10.3 Å². The van der Waals surface area contributed by atoms with E-state index < -0.39 is 5.97 Å². The van der Waals surface area contributed by atoms with E-state index in [1.165, 1.54) is 19.4 Å². The zero-order valence-corrected chi connectivity index (χ0v) is 15.1. The molecule has 1 aromatic heterocycles. The van der Waals surface area contributed by atoms with E-state index in [0.717, 1.165) is 0 Å². The number of methoxy groups -OCH3 is 1. The number of esters is 1. The normalized spacial score (nSPS) is 10.2. The summed E-state index contributed by atoms with van der Waals surface area (Å²) in [6, 6.07) is 16.2. The lowest BCUT2D eigenvalue weighted by molar-refractivity contribution is 0.0601. The molecule has 0 spiro atoms. The largest absolute Gasteiger partial charge is 0.465 e. The molecule has 142 valence electrons. The van der Waals surface area contributed by atoms with Crippen molar-refractivity contribution in [2.24, 2.45) is 0 Å². The molecule has 0 saturated heterocycles. The number of hydrogen-bond acceptors (Lipinski definition) is 5. The molecule has 0 atom stereocenters. The van der Waals surface area contributed by atoms with Gasteiger partial charge in [0.15, 0.2) is 0 Å². The minimum absolute atomic E-state index is 0.0712. The Bertz CT molecular complexity index is 1010. The van der Waals surface area contributed by atoms with Gasteiger partial charge in [-0.25, -0.2) is 14.2 Å². The predicted molar refractivity (Wildman–Crippen MR) is 103 cm³/mol. The lowest BCUT2D eigenvalue weighted by atomic mass is 10.1. The number of carbonyl (C=O) groups excluding carboxylic acids is 2. The number of aromatic nitrogens is 1. The Morgan fingerprint density at radius 1 is 1.07 bits per heavy atom. The topological polar surface area (TPSA) is 80.3 Å². The fraction of sp³-hybridized carbons (Fsp3) is 0.0952. The van der Waals surface area contributed by atoms with Crippen molar-refractivity contribution in [2.45, 2.75) is 6.54 Å². The Kier molecular flexibility index (Phi) is 5.96. The fourth-order valence-corrected chi connectivity index (χ4v) is 2.58. The summed E-state index contributed by atoms with van der Waals surface area (Å²) in [6.45, 7) is 0.0712. The molecule has 2 N–H and O–H groups in total. The van der Waals surface area contributed by atoms with Gasteiger partial charge >= 0.3 is 5.97 Å². The van der Waals surface area contributed by atoms with Crippen LogP contribution in [0.5, 0.6) is 0 Å². The highest BCUT2D eigenvalue weighted by Gasteiger charge is 2.13. The second-order valence-corrected chi connectivity index (χ2v) is 5.87. The van der Waals surface area contributed by atoms with Crippen molar-refractivity contribution < 1.29 is 18.7 Å². The van der Waals surface area contributed by atoms with Crippen molar-refractivity contribution in [2.75, 3.05) is 12.4 Å². The highest BCUT2D eigenvalue weighted by Crippen LogP contribution is 2.21. The number of carbonyl (C=O) groups is 2. The number of halogens is 1. The molecule has 0 radical (unpaired) electrons. The quantitative estimate of drug-likeness (QED) is 0.639. The number of hydrogen-bond donors (Lipinski definition) is 2. The molecule has 7 heteroatoms. The molecule has 0 saturated carbocycles. The number of amides is 1. The van der Waals surface area contributed by atoms with Crippen LogP contribution in [0.4, 0.5) is 15.9 Å². The van der Waals surface area contributed by atoms with E-state index in [-0.39, 0.29) is 18.3 Å². The third kappa shape index (κ3) is 4.50. The molecular formula is C21H18FN3O3. The summed E-state index contributed by atoms with van der Waals surface area (Å²) in [5.41, 5.74) is 1.60. The minimum Gasteiger partial charge on any atom is -0.465 e. The van der Waals surface area contributed by atoms with Crippen LogP contribution in [-0.4, -0.2) is 24.0 Å². The number of benzene rings is 2. The molecule has 1 amide bonds. The Morgan fingerprint density at radius 2 is 1.82 bits per heavy atom. The third-order valence-corrected chi connectivity index (χ3v) is 4.01. The summed E-state index contributed by atoms with van der Waals surface area (Å²) in [5.74, 6) is -0.842. The van der Waals surface area contributed by atoms with Crippen molar-refractivity contribution in [1.29, 1.82) is 0 Å². The Labute approximate surface area is 161 Å². The maximum absolute atomic E-state index is 13.7. The SMILES string of the molecule is COC(=O)c1ccccc1Nc1cc(C(=O)NCc2ccccc2F)ccn1. The summed E-state index contributed by atoms with van der Waals surface area (Å²) < 4.78 is 18.4. The first-order valence-electron chi connectivity index (χ1n) is 8.50. The van der Waals surface area contributed by atoms with Crippen LogP contribution in [0.2, 0.25) is 0 Å². The highest BCUT2D eigenvalue weighted by atomic mass is 19.1. The van der Waals surface area contributed by atoms with Crippen LogP contribution in [0, 0.1) is 5.82 Å². The van der Waals surface area contributed by atoms with Crippen molar-refractivity contribution in [3.8, 4) is 0 Å². The molecule has 1 heterocycles. The number of rotatable bonds is 6. The molecule has 6 nitrogen and oxygen atoms in total. The van der Waals surface area contributed by atoms with Gasteiger partial charge in [-0.3, -0.25) is 4.79 Å². The van der Waals surface area contributed by atoms with E-state index in [4.69, 9.17) is 4.74 Å². The molecule has 0 bridgehead atoms. The average Bonchev–Trinajstić information content (AvgIpc) is 2.73. The van der Waals surface area contributed by atoms with Gasteiger partial charge in [-0.2, -0.15) is 0 Å². The van der Waals surface area contributed by atoms with Gasteiger partial charge < -0.3 is 15.4 Å². The number of nitrogens with zero attached hydrogens (tertiary/aromatic N) is 1. The van der Waals surface area contributed by atoms with Gasteiger partial charge in [0.2, 0.25) is 0 Å². The summed E-state index contributed by atoms with van der Waals surface area (Å²) in [4.78, 5) is 28.4. The van der Waals surface area contributed by atoms with Gasteiger partial charge in [0.25, 0.3) is 5.91 Å². The van der Waals surface area contributed by atoms with Gasteiger partial charge in [-0.15, -0.1) is 0 Å². The van der Waals surface area contributed by atoms with E-state index in [1.807, 2.05) is 0 Å². The van der Waals surface area contributed by atoms with E-state index >= 15 is 0 Å². The molecule has 0 aliphatic rings. The van der Waals surface area contributed by atoms with Crippen LogP contribution in [0.1, 0.15) is 26.3 Å². The lowest BCUT2D eigenvalue weighted by Gasteiger charge is -2.11. The van der Waals surface area contributed by atoms with E-state index in [1.54, 1.807) is 54.6 Å². The predicted octanol–water partition coefficient (Wildman–Crippen LogP) is 3.68. The minimum atomic E-state index is -0.484. The van der Waals surface area contributed by atoms with Gasteiger partial charge in [0, 0.05) is 23.9 Å². The van der Waals surface area contributed by atoms with Crippen LogP contribution in [0.25, 0.3) is 0 Å². The standard InChI is InChI=1S/C21H18FN3O3/c1-28-21(27)16-7-3-5-9-18(16)25-19-12-14(10-11-23-19)20(26)24-13-15-6-2-4-8-17(15)22/h2-12H,13H2,1H3,(H,23,25)(H,24,26). The zero-order valence-electron chi connectivity index (χ0n) is 15.1. The Balaban J connectivity index is 1.73. The maximum Gasteiger partial charge on any atom is 0.339 e. The molecule has 2 aromatic carbocycles. The molecule has 28 heavy (non-hydrogen) atoms. The first-order valence-corrected chi connectivity index (χ1v) is 8.50. The van der Waals surface area contributed by atoms with Crippen LogP contribution in [0.3, 0.4) is 0 Å². The molecule has 0 aliphatic carbocycles. The van der Waals surface area contributed by atoms with Crippen molar-refractivity contribution in [3.63, 3.8) is 0 Å². The molecule has 0 fully saturated rings. The molecule has 3 rings (SSSR count). The number of pyridine rings is 1. The Hall–Kier alpha value is -3.74. The molecule has 0 unspecified atom stereocenters. The van der Waals surface area contributed by atoms with Crippen LogP contribution >= 0.6 is 0 Å². The maximum atomic E-state index is 13.7. The van der Waals surface area contributed by atoms with Crippen molar-refractivity contribution >= 4 is 23.4 Å². The highest BCUT2D eigenvalue weighted by molar-refractivity contribution is 5.97. The lowest BCUT2D eigenvalue weighted by Crippen LogP contribution is -2.23. The molecule has 3 aromatic rings. The van der Waals surface area contributed by atoms with E-state index in [0.29, 0.717) is 28.2 Å². The summed E-state index contributed by atoms with van der Waals surface area (Å²) in [6.07, 6.45) is 1.47. The number of para-hydroxylation sites is 1. The van der Waals surface area contributed by atoms with Gasteiger partial charge in [-0.05, 0) is 30.3 Å². The monoisotopic (exact) mass is 379 g/mol. The van der Waals surface area contributed by atoms with Crippen LogP contribution < -0.4 is 10.6 Å².